The molecule has 1 saturated heterocycles. The third-order valence-electron chi connectivity index (χ3n) is 5.36. The van der Waals surface area contributed by atoms with Crippen LogP contribution in [-0.4, -0.2) is 59.1 Å². The number of hydrogen-bond donors (Lipinski definition) is 1. The zero-order valence-electron chi connectivity index (χ0n) is 18.5. The molecule has 0 spiro atoms. The third kappa shape index (κ3) is 6.93. The van der Waals surface area contributed by atoms with Crippen LogP contribution in [0, 0.1) is 0 Å². The number of hydrogen-bond acceptors (Lipinski definition) is 5. The Kier molecular flexibility index (Phi) is 8.53. The van der Waals surface area contributed by atoms with Crippen molar-refractivity contribution >= 4 is 33.2 Å². The molecule has 2 aromatic rings. The van der Waals surface area contributed by atoms with Crippen LogP contribution in [-0.2, 0) is 26.1 Å². The molecule has 1 heterocycles. The fourth-order valence-electron chi connectivity index (χ4n) is 3.58. The van der Waals surface area contributed by atoms with Gasteiger partial charge in [-0.3, -0.25) is 4.79 Å². The van der Waals surface area contributed by atoms with Crippen LogP contribution in [0.3, 0.4) is 0 Å². The van der Waals surface area contributed by atoms with E-state index in [0.717, 1.165) is 24.1 Å². The standard InChI is InChI=1S/C23H30ClN3O4S/c1-26(2)20-10-8-18(9-11-20)16-27(17-21-6-4-14-31-21)23(28)12-13-25-32(29,30)22-7-3-5-19(24)15-22/h3,5,7-11,15,21,25H,4,6,12-14,16-17H2,1-2H3. The molecule has 2 aromatic carbocycles. The minimum Gasteiger partial charge on any atom is -0.378 e. The summed E-state index contributed by atoms with van der Waals surface area (Å²) in [5.74, 6) is -0.119. The van der Waals surface area contributed by atoms with Crippen molar-refractivity contribution in [2.75, 3.05) is 38.7 Å². The number of benzene rings is 2. The average molecular weight is 480 g/mol. The summed E-state index contributed by atoms with van der Waals surface area (Å²) < 4.78 is 33.2. The first-order chi connectivity index (χ1) is 15.2. The minimum atomic E-state index is -3.73. The normalized spacial score (nSPS) is 16.2. The quantitative estimate of drug-likeness (QED) is 0.565. The summed E-state index contributed by atoms with van der Waals surface area (Å²) in [6.07, 6.45) is 1.99. The van der Waals surface area contributed by atoms with Crippen LogP contribution in [0.15, 0.2) is 53.4 Å². The number of amides is 1. The summed E-state index contributed by atoms with van der Waals surface area (Å²) in [6.45, 7) is 1.67. The fourth-order valence-corrected chi connectivity index (χ4v) is 4.91. The molecule has 1 aliphatic rings. The molecule has 1 atom stereocenters. The maximum atomic E-state index is 13.0. The summed E-state index contributed by atoms with van der Waals surface area (Å²) in [6, 6.07) is 14.1. The number of nitrogens with zero attached hydrogens (tertiary/aromatic N) is 2. The van der Waals surface area contributed by atoms with Gasteiger partial charge in [0, 0.05) is 57.5 Å². The summed E-state index contributed by atoms with van der Waals surface area (Å²) in [7, 11) is 0.225. The Morgan fingerprint density at radius 2 is 1.94 bits per heavy atom. The first-order valence-electron chi connectivity index (χ1n) is 10.7. The molecule has 7 nitrogen and oxygen atoms in total. The number of sulfonamides is 1. The average Bonchev–Trinajstić information content (AvgIpc) is 3.26. The van der Waals surface area contributed by atoms with Gasteiger partial charge in [0.25, 0.3) is 0 Å². The molecule has 3 rings (SSSR count). The monoisotopic (exact) mass is 479 g/mol. The van der Waals surface area contributed by atoms with Gasteiger partial charge in [-0.1, -0.05) is 29.8 Å². The minimum absolute atomic E-state index is 0.00920. The van der Waals surface area contributed by atoms with Crippen molar-refractivity contribution in [3.63, 3.8) is 0 Å². The lowest BCUT2D eigenvalue weighted by molar-refractivity contribution is -0.133. The molecular formula is C23H30ClN3O4S. The molecule has 1 aliphatic heterocycles. The van der Waals surface area contributed by atoms with Gasteiger partial charge in [0.15, 0.2) is 0 Å². The topological polar surface area (TPSA) is 79.0 Å². The van der Waals surface area contributed by atoms with Crippen molar-refractivity contribution in [2.24, 2.45) is 0 Å². The van der Waals surface area contributed by atoms with Gasteiger partial charge in [-0.15, -0.1) is 0 Å². The van der Waals surface area contributed by atoms with E-state index in [1.54, 1.807) is 17.0 Å². The lowest BCUT2D eigenvalue weighted by Gasteiger charge is -2.26. The van der Waals surface area contributed by atoms with Gasteiger partial charge < -0.3 is 14.5 Å². The number of halogens is 1. The highest BCUT2D eigenvalue weighted by atomic mass is 35.5. The summed E-state index contributed by atoms with van der Waals surface area (Å²) >= 11 is 5.89. The van der Waals surface area contributed by atoms with Crippen molar-refractivity contribution in [2.45, 2.75) is 36.8 Å². The van der Waals surface area contributed by atoms with Gasteiger partial charge in [-0.05, 0) is 48.7 Å². The first kappa shape index (κ1) is 24.5. The van der Waals surface area contributed by atoms with Crippen LogP contribution in [0.2, 0.25) is 5.02 Å². The number of nitrogens with one attached hydrogen (secondary N) is 1. The molecule has 1 amide bonds. The summed E-state index contributed by atoms with van der Waals surface area (Å²) in [5, 5.41) is 0.340. The van der Waals surface area contributed by atoms with E-state index in [-0.39, 0.29) is 29.9 Å². The Labute approximate surface area is 195 Å². The second-order valence-corrected chi connectivity index (χ2v) is 10.3. The molecule has 174 valence electrons. The number of carbonyl (C=O) groups excluding carboxylic acids is 1. The van der Waals surface area contributed by atoms with Crippen molar-refractivity contribution in [3.8, 4) is 0 Å². The van der Waals surface area contributed by atoms with Crippen molar-refractivity contribution in [1.82, 2.24) is 9.62 Å². The summed E-state index contributed by atoms with van der Waals surface area (Å²) in [5.41, 5.74) is 2.10. The fraction of sp³-hybridized carbons (Fsp3) is 0.435. The van der Waals surface area contributed by atoms with Crippen LogP contribution >= 0.6 is 11.6 Å². The Morgan fingerprint density at radius 3 is 2.56 bits per heavy atom. The Balaban J connectivity index is 1.62. The molecule has 0 aromatic heterocycles. The second-order valence-electron chi connectivity index (χ2n) is 8.08. The number of ether oxygens (including phenoxy) is 1. The highest BCUT2D eigenvalue weighted by Gasteiger charge is 2.23. The number of anilines is 1. The van der Waals surface area contributed by atoms with Crippen LogP contribution in [0.1, 0.15) is 24.8 Å². The first-order valence-corrected chi connectivity index (χ1v) is 12.5. The van der Waals surface area contributed by atoms with Gasteiger partial charge >= 0.3 is 0 Å². The van der Waals surface area contributed by atoms with Crippen LogP contribution in [0.25, 0.3) is 0 Å². The maximum Gasteiger partial charge on any atom is 0.240 e. The summed E-state index contributed by atoms with van der Waals surface area (Å²) in [4.78, 5) is 16.8. The molecule has 1 unspecified atom stereocenters. The molecule has 0 bridgehead atoms. The molecule has 0 radical (unpaired) electrons. The Morgan fingerprint density at radius 1 is 1.19 bits per heavy atom. The molecule has 9 heteroatoms. The lowest BCUT2D eigenvalue weighted by atomic mass is 10.1. The van der Waals surface area contributed by atoms with Gasteiger partial charge in [-0.25, -0.2) is 13.1 Å². The Bertz CT molecular complexity index is 1010. The van der Waals surface area contributed by atoms with E-state index in [1.165, 1.54) is 12.1 Å². The molecule has 1 N–H and O–H groups in total. The predicted molar refractivity (Wildman–Crippen MR) is 126 cm³/mol. The second kappa shape index (κ2) is 11.1. The van der Waals surface area contributed by atoms with Gasteiger partial charge in [-0.2, -0.15) is 0 Å². The number of rotatable bonds is 10. The number of carbonyl (C=O) groups is 1. The third-order valence-corrected chi connectivity index (χ3v) is 7.06. The van der Waals surface area contributed by atoms with E-state index < -0.39 is 10.0 Å². The van der Waals surface area contributed by atoms with Crippen LogP contribution < -0.4 is 9.62 Å². The van der Waals surface area contributed by atoms with E-state index in [2.05, 4.69) is 4.72 Å². The predicted octanol–water partition coefficient (Wildman–Crippen LogP) is 3.28. The molecule has 0 saturated carbocycles. The van der Waals surface area contributed by atoms with E-state index >= 15 is 0 Å². The van der Waals surface area contributed by atoms with Gasteiger partial charge in [0.2, 0.25) is 15.9 Å². The maximum absolute atomic E-state index is 13.0. The van der Waals surface area contributed by atoms with Crippen LogP contribution in [0.4, 0.5) is 5.69 Å². The van der Waals surface area contributed by atoms with E-state index in [4.69, 9.17) is 16.3 Å². The van der Waals surface area contributed by atoms with Crippen LogP contribution in [0.5, 0.6) is 0 Å². The molecular weight excluding hydrogens is 450 g/mol. The molecule has 32 heavy (non-hydrogen) atoms. The highest BCUT2D eigenvalue weighted by Crippen LogP contribution is 2.18. The van der Waals surface area contributed by atoms with Gasteiger partial charge in [0.05, 0.1) is 11.0 Å². The van der Waals surface area contributed by atoms with E-state index in [9.17, 15) is 13.2 Å². The van der Waals surface area contributed by atoms with Gasteiger partial charge in [0.1, 0.15) is 0 Å². The van der Waals surface area contributed by atoms with Crippen molar-refractivity contribution in [1.29, 1.82) is 0 Å². The highest BCUT2D eigenvalue weighted by molar-refractivity contribution is 7.89. The van der Waals surface area contributed by atoms with Crippen molar-refractivity contribution in [3.05, 3.63) is 59.1 Å². The largest absolute Gasteiger partial charge is 0.378 e. The molecule has 1 fully saturated rings. The Hall–Kier alpha value is -2.13. The lowest BCUT2D eigenvalue weighted by Crippen LogP contribution is -2.38. The smallest absolute Gasteiger partial charge is 0.240 e. The molecule has 0 aliphatic carbocycles. The zero-order chi connectivity index (χ0) is 23.1. The van der Waals surface area contributed by atoms with E-state index in [1.807, 2.05) is 43.3 Å². The SMILES string of the molecule is CN(C)c1ccc(CN(CC2CCCO2)C(=O)CCNS(=O)(=O)c2cccc(Cl)c2)cc1. The van der Waals surface area contributed by atoms with Crippen molar-refractivity contribution < 1.29 is 17.9 Å². The van der Waals surface area contributed by atoms with E-state index in [0.29, 0.717) is 24.7 Å². The zero-order valence-corrected chi connectivity index (χ0v) is 20.0.